The first kappa shape index (κ1) is 18.6. The summed E-state index contributed by atoms with van der Waals surface area (Å²) in [6.45, 7) is 6.44. The molecule has 2 aromatic rings. The molecule has 0 saturated heterocycles. The third-order valence-corrected chi connectivity index (χ3v) is 5.38. The van der Waals surface area contributed by atoms with Crippen molar-refractivity contribution < 1.29 is 14.3 Å². The molecule has 26 heavy (non-hydrogen) atoms. The Kier molecular flexibility index (Phi) is 5.41. The molecular formula is C18H24N4O3S. The molecule has 1 aliphatic rings. The summed E-state index contributed by atoms with van der Waals surface area (Å²) in [4.78, 5) is 12.1. The van der Waals surface area contributed by atoms with Crippen LogP contribution in [-0.2, 0) is 11.8 Å². The van der Waals surface area contributed by atoms with Crippen LogP contribution in [0.4, 0.5) is 0 Å². The van der Waals surface area contributed by atoms with Crippen LogP contribution in [0.15, 0.2) is 29.4 Å². The van der Waals surface area contributed by atoms with E-state index in [1.807, 2.05) is 56.7 Å². The average Bonchev–Trinajstić information content (AvgIpc) is 3.00. The van der Waals surface area contributed by atoms with Gasteiger partial charge in [0.05, 0.1) is 5.75 Å². The second kappa shape index (κ2) is 7.57. The van der Waals surface area contributed by atoms with Crippen molar-refractivity contribution in [2.24, 2.45) is 7.05 Å². The molecule has 7 nitrogen and oxygen atoms in total. The number of amides is 1. The molecule has 140 valence electrons. The zero-order valence-electron chi connectivity index (χ0n) is 15.5. The van der Waals surface area contributed by atoms with Crippen molar-refractivity contribution in [1.82, 2.24) is 20.1 Å². The van der Waals surface area contributed by atoms with Crippen molar-refractivity contribution in [3.05, 3.63) is 30.1 Å². The third kappa shape index (κ3) is 4.12. The minimum absolute atomic E-state index is 0.0161. The van der Waals surface area contributed by atoms with Crippen molar-refractivity contribution in [2.45, 2.75) is 44.0 Å². The lowest BCUT2D eigenvalue weighted by molar-refractivity contribution is -0.120. The second-order valence-corrected chi connectivity index (χ2v) is 7.78. The maximum Gasteiger partial charge on any atom is 0.230 e. The smallest absolute Gasteiger partial charge is 0.230 e. The van der Waals surface area contributed by atoms with Crippen molar-refractivity contribution in [3.63, 3.8) is 0 Å². The summed E-state index contributed by atoms with van der Waals surface area (Å²) in [7, 11) is 1.87. The predicted molar refractivity (Wildman–Crippen MR) is 99.5 cm³/mol. The Balaban J connectivity index is 1.63. The topological polar surface area (TPSA) is 78.3 Å². The van der Waals surface area contributed by atoms with Gasteiger partial charge in [0.25, 0.3) is 0 Å². The Morgan fingerprint density at radius 1 is 1.35 bits per heavy atom. The van der Waals surface area contributed by atoms with Gasteiger partial charge in [-0.2, -0.15) is 0 Å². The molecule has 1 aromatic carbocycles. The van der Waals surface area contributed by atoms with Crippen LogP contribution in [0.3, 0.4) is 0 Å². The van der Waals surface area contributed by atoms with Gasteiger partial charge in [0, 0.05) is 12.6 Å². The molecule has 1 atom stereocenters. The highest BCUT2D eigenvalue weighted by Gasteiger charge is 2.27. The summed E-state index contributed by atoms with van der Waals surface area (Å²) in [5.41, 5.74) is -0.205. The number of nitrogens with one attached hydrogen (secondary N) is 1. The number of hydrogen-bond acceptors (Lipinski definition) is 6. The lowest BCUT2D eigenvalue weighted by Crippen LogP contribution is -2.43. The van der Waals surface area contributed by atoms with Gasteiger partial charge in [-0.3, -0.25) is 4.79 Å². The van der Waals surface area contributed by atoms with Crippen LogP contribution in [0.25, 0.3) is 0 Å². The van der Waals surface area contributed by atoms with E-state index in [1.165, 1.54) is 11.8 Å². The molecule has 2 heterocycles. The monoisotopic (exact) mass is 376 g/mol. The fraction of sp³-hybridized carbons (Fsp3) is 0.500. The first-order chi connectivity index (χ1) is 12.4. The Hall–Kier alpha value is -2.22. The summed E-state index contributed by atoms with van der Waals surface area (Å²) in [5, 5.41) is 12.1. The molecule has 1 aromatic heterocycles. The number of ether oxygens (including phenoxy) is 2. The van der Waals surface area contributed by atoms with E-state index in [0.717, 1.165) is 12.2 Å². The van der Waals surface area contributed by atoms with Gasteiger partial charge in [-0.1, -0.05) is 30.8 Å². The van der Waals surface area contributed by atoms with Gasteiger partial charge in [0.1, 0.15) is 6.61 Å². The SMILES string of the molecule is CCC(C)(C)NC(=O)CSc1nnc([C@@H]2COc3ccccc3O2)n1C. The van der Waals surface area contributed by atoms with E-state index in [9.17, 15) is 4.79 Å². The van der Waals surface area contributed by atoms with Crippen molar-refractivity contribution in [3.8, 4) is 11.5 Å². The van der Waals surface area contributed by atoms with E-state index >= 15 is 0 Å². The summed E-state index contributed by atoms with van der Waals surface area (Å²) in [6.07, 6.45) is 0.544. The van der Waals surface area contributed by atoms with Crippen LogP contribution in [0.1, 0.15) is 39.1 Å². The van der Waals surface area contributed by atoms with Crippen LogP contribution < -0.4 is 14.8 Å². The first-order valence-corrected chi connectivity index (χ1v) is 9.60. The Labute approximate surface area is 157 Å². The molecule has 0 radical (unpaired) electrons. The highest BCUT2D eigenvalue weighted by molar-refractivity contribution is 7.99. The second-order valence-electron chi connectivity index (χ2n) is 6.84. The van der Waals surface area contributed by atoms with Crippen LogP contribution in [0.5, 0.6) is 11.5 Å². The molecule has 0 saturated carbocycles. The summed E-state index contributed by atoms with van der Waals surface area (Å²) in [5.74, 6) is 2.38. The van der Waals surface area contributed by atoms with Crippen molar-refractivity contribution >= 4 is 17.7 Å². The zero-order chi connectivity index (χ0) is 18.7. The van der Waals surface area contributed by atoms with Crippen LogP contribution >= 0.6 is 11.8 Å². The Morgan fingerprint density at radius 2 is 2.08 bits per heavy atom. The van der Waals surface area contributed by atoms with Gasteiger partial charge in [0.15, 0.2) is 28.6 Å². The van der Waals surface area contributed by atoms with Gasteiger partial charge in [-0.15, -0.1) is 10.2 Å². The molecule has 0 fully saturated rings. The normalized spacial score (nSPS) is 16.4. The molecular weight excluding hydrogens is 352 g/mol. The standard InChI is InChI=1S/C18H24N4O3S/c1-5-18(2,3)19-15(23)11-26-17-21-20-16(22(17)4)14-10-24-12-8-6-7-9-13(12)25-14/h6-9,14H,5,10-11H2,1-4H3,(H,19,23)/t14-/m0/s1. The molecule has 0 spiro atoms. The molecule has 3 rings (SSSR count). The quantitative estimate of drug-likeness (QED) is 0.781. The van der Waals surface area contributed by atoms with Crippen LogP contribution in [0.2, 0.25) is 0 Å². The highest BCUT2D eigenvalue weighted by atomic mass is 32.2. The summed E-state index contributed by atoms with van der Waals surface area (Å²) >= 11 is 1.36. The highest BCUT2D eigenvalue weighted by Crippen LogP contribution is 2.35. The van der Waals surface area contributed by atoms with Crippen LogP contribution in [0, 0.1) is 0 Å². The van der Waals surface area contributed by atoms with E-state index in [0.29, 0.717) is 29.1 Å². The molecule has 1 N–H and O–H groups in total. The van der Waals surface area contributed by atoms with Crippen LogP contribution in [-0.4, -0.2) is 38.6 Å². The van der Waals surface area contributed by atoms with Gasteiger partial charge in [-0.05, 0) is 32.4 Å². The largest absolute Gasteiger partial charge is 0.485 e. The van der Waals surface area contributed by atoms with E-state index in [2.05, 4.69) is 15.5 Å². The lowest BCUT2D eigenvalue weighted by Gasteiger charge is -2.25. The van der Waals surface area contributed by atoms with Gasteiger partial charge in [0.2, 0.25) is 5.91 Å². The number of nitrogens with zero attached hydrogens (tertiary/aromatic N) is 3. The number of carbonyl (C=O) groups excluding carboxylic acids is 1. The summed E-state index contributed by atoms with van der Waals surface area (Å²) < 4.78 is 13.6. The number of hydrogen-bond donors (Lipinski definition) is 1. The maximum absolute atomic E-state index is 12.1. The number of thioether (sulfide) groups is 1. The fourth-order valence-corrected chi connectivity index (χ4v) is 3.23. The van der Waals surface area contributed by atoms with E-state index in [1.54, 1.807) is 0 Å². The first-order valence-electron chi connectivity index (χ1n) is 8.61. The third-order valence-electron chi connectivity index (χ3n) is 4.36. The number of benzene rings is 1. The molecule has 0 unspecified atom stereocenters. The molecule has 1 aliphatic heterocycles. The average molecular weight is 376 g/mol. The molecule has 1 amide bonds. The van der Waals surface area contributed by atoms with E-state index < -0.39 is 0 Å². The fourth-order valence-electron chi connectivity index (χ4n) is 2.51. The Bertz CT molecular complexity index is 790. The lowest BCUT2D eigenvalue weighted by atomic mass is 10.0. The minimum Gasteiger partial charge on any atom is -0.485 e. The van der Waals surface area contributed by atoms with Crippen molar-refractivity contribution in [1.29, 1.82) is 0 Å². The van der Waals surface area contributed by atoms with Gasteiger partial charge >= 0.3 is 0 Å². The Morgan fingerprint density at radius 3 is 2.81 bits per heavy atom. The number of rotatable bonds is 6. The zero-order valence-corrected chi connectivity index (χ0v) is 16.3. The van der Waals surface area contributed by atoms with Gasteiger partial charge < -0.3 is 19.4 Å². The number of para-hydroxylation sites is 2. The molecule has 0 aliphatic carbocycles. The van der Waals surface area contributed by atoms with E-state index in [4.69, 9.17) is 9.47 Å². The minimum atomic E-state index is -0.329. The number of fused-ring (bicyclic) bond motifs is 1. The van der Waals surface area contributed by atoms with Gasteiger partial charge in [-0.25, -0.2) is 0 Å². The maximum atomic E-state index is 12.1. The van der Waals surface area contributed by atoms with E-state index in [-0.39, 0.29) is 17.6 Å². The summed E-state index contributed by atoms with van der Waals surface area (Å²) in [6, 6.07) is 7.55. The predicted octanol–water partition coefficient (Wildman–Crippen LogP) is 2.72. The number of aromatic nitrogens is 3. The molecule has 8 heteroatoms. The van der Waals surface area contributed by atoms with Crippen molar-refractivity contribution in [2.75, 3.05) is 12.4 Å². The number of carbonyl (C=O) groups is 1. The molecule has 0 bridgehead atoms.